The number of carbonyl (C=O) groups is 1. The molecule has 1 N–H and O–H groups in total. The summed E-state index contributed by atoms with van der Waals surface area (Å²) in [4.78, 5) is 20.9. The highest BCUT2D eigenvalue weighted by Crippen LogP contribution is 2.28. The molecule has 1 aromatic carbocycles. The highest BCUT2D eigenvalue weighted by molar-refractivity contribution is 6.42. The van der Waals surface area contributed by atoms with Crippen LogP contribution in [0.15, 0.2) is 30.3 Å². The summed E-state index contributed by atoms with van der Waals surface area (Å²) in [5.41, 5.74) is 1.10. The lowest BCUT2D eigenvalue weighted by Gasteiger charge is -2.36. The molecule has 2 heterocycles. The maximum Gasteiger partial charge on any atom is 0.253 e. The number of halogens is 3. The molecule has 0 spiro atoms. The average Bonchev–Trinajstić information content (AvgIpc) is 2.71. The predicted octanol–water partition coefficient (Wildman–Crippen LogP) is 4.50. The van der Waals surface area contributed by atoms with E-state index in [1.165, 1.54) is 0 Å². The van der Waals surface area contributed by atoms with Crippen LogP contribution in [0.4, 0.5) is 10.2 Å². The van der Waals surface area contributed by atoms with E-state index in [-0.39, 0.29) is 25.3 Å². The fourth-order valence-corrected chi connectivity index (χ4v) is 3.92. The molecule has 1 aliphatic rings. The van der Waals surface area contributed by atoms with Crippen molar-refractivity contribution >= 4 is 34.9 Å². The van der Waals surface area contributed by atoms with E-state index in [1.54, 1.807) is 23.1 Å². The third-order valence-corrected chi connectivity index (χ3v) is 6.15. The summed E-state index contributed by atoms with van der Waals surface area (Å²) in [6, 6.07) is 8.79. The molecule has 0 aliphatic carbocycles. The summed E-state index contributed by atoms with van der Waals surface area (Å²) in [6.07, 6.45) is 0.578. The summed E-state index contributed by atoms with van der Waals surface area (Å²) in [6.45, 7) is 3.48. The number of rotatable bonds is 6. The van der Waals surface area contributed by atoms with Gasteiger partial charge in [0.25, 0.3) is 5.91 Å². The molecule has 1 saturated heterocycles. The number of nitrogens with zero attached hydrogens (tertiary/aromatic N) is 3. The van der Waals surface area contributed by atoms with Gasteiger partial charge in [-0.3, -0.25) is 4.79 Å². The number of aromatic nitrogens is 1. The molecule has 0 atom stereocenters. The predicted molar refractivity (Wildman–Crippen MR) is 120 cm³/mol. The fraction of sp³-hybridized carbons (Fsp3) is 0.455. The smallest absolute Gasteiger partial charge is 0.253 e. The molecule has 3 rings (SSSR count). The number of likely N-dealkylation sites (tertiary alicyclic amines) is 1. The zero-order chi connectivity index (χ0) is 21.9. The minimum atomic E-state index is -1.34. The van der Waals surface area contributed by atoms with E-state index < -0.39 is 5.67 Å². The lowest BCUT2D eigenvalue weighted by molar-refractivity contribution is 0.0434. The summed E-state index contributed by atoms with van der Waals surface area (Å²) >= 11 is 11.9. The van der Waals surface area contributed by atoms with E-state index in [2.05, 4.69) is 10.3 Å². The van der Waals surface area contributed by atoms with Crippen LogP contribution < -0.4 is 10.2 Å². The van der Waals surface area contributed by atoms with Crippen molar-refractivity contribution in [3.63, 3.8) is 0 Å². The van der Waals surface area contributed by atoms with Crippen molar-refractivity contribution < 1.29 is 9.18 Å². The third kappa shape index (κ3) is 5.42. The number of piperidine rings is 1. The van der Waals surface area contributed by atoms with Crippen molar-refractivity contribution in [3.8, 4) is 0 Å². The summed E-state index contributed by atoms with van der Waals surface area (Å²) in [5, 5.41) is 3.94. The van der Waals surface area contributed by atoms with Crippen molar-refractivity contribution in [1.82, 2.24) is 15.2 Å². The van der Waals surface area contributed by atoms with Crippen LogP contribution in [0.1, 0.15) is 34.5 Å². The van der Waals surface area contributed by atoms with E-state index >= 15 is 4.39 Å². The van der Waals surface area contributed by atoms with Crippen LogP contribution in [0.25, 0.3) is 0 Å². The largest absolute Gasteiger partial charge is 0.363 e. The van der Waals surface area contributed by atoms with Crippen LogP contribution >= 0.6 is 23.2 Å². The minimum Gasteiger partial charge on any atom is -0.363 e. The van der Waals surface area contributed by atoms with Gasteiger partial charge >= 0.3 is 0 Å². The lowest BCUT2D eigenvalue weighted by atomic mass is 9.92. The number of nitrogens with one attached hydrogen (secondary N) is 1. The molecular formula is C22H27Cl2FN4O. The van der Waals surface area contributed by atoms with Crippen LogP contribution in [-0.4, -0.2) is 55.2 Å². The maximum absolute atomic E-state index is 15.2. The first kappa shape index (κ1) is 22.8. The number of aryl methyl sites for hydroxylation is 1. The van der Waals surface area contributed by atoms with Gasteiger partial charge in [-0.2, -0.15) is 0 Å². The van der Waals surface area contributed by atoms with Gasteiger partial charge in [-0.15, -0.1) is 0 Å². The van der Waals surface area contributed by atoms with Crippen LogP contribution in [0.5, 0.6) is 0 Å². The van der Waals surface area contributed by atoms with Crippen molar-refractivity contribution in [2.75, 3.05) is 38.6 Å². The second kappa shape index (κ2) is 9.50. The van der Waals surface area contributed by atoms with Crippen LogP contribution in [0.3, 0.4) is 0 Å². The summed E-state index contributed by atoms with van der Waals surface area (Å²) < 4.78 is 15.2. The van der Waals surface area contributed by atoms with Gasteiger partial charge < -0.3 is 15.1 Å². The number of hydrogen-bond donors (Lipinski definition) is 1. The number of hydrogen-bond acceptors (Lipinski definition) is 4. The number of anilines is 1. The number of carbonyl (C=O) groups excluding carboxylic acids is 1. The molecule has 162 valence electrons. The molecule has 1 amide bonds. The Hall–Kier alpha value is -1.89. The second-order valence-corrected chi connectivity index (χ2v) is 8.83. The van der Waals surface area contributed by atoms with Gasteiger partial charge in [-0.05, 0) is 36.8 Å². The molecule has 0 saturated carbocycles. The van der Waals surface area contributed by atoms with Crippen molar-refractivity contribution in [3.05, 3.63) is 57.2 Å². The average molecular weight is 453 g/mol. The van der Waals surface area contributed by atoms with Gasteiger partial charge in [0.1, 0.15) is 11.5 Å². The Morgan fingerprint density at radius 3 is 2.53 bits per heavy atom. The standard InChI is InChI=1S/C22H27Cl2FN4O/c1-15-4-6-17(27-20(15)28(2)3)13-26-14-22(25)8-10-29(11-9-22)21(30)16-5-7-18(23)19(24)12-16/h4-7,12,26H,8-11,13-14H2,1-3H3. The van der Waals surface area contributed by atoms with E-state index in [0.717, 1.165) is 17.1 Å². The molecule has 2 aromatic rings. The molecule has 0 bridgehead atoms. The SMILES string of the molecule is Cc1ccc(CNCC2(F)CCN(C(=O)c3ccc(Cl)c(Cl)c3)CC2)nc1N(C)C. The first-order valence-corrected chi connectivity index (χ1v) is 10.7. The van der Waals surface area contributed by atoms with Gasteiger partial charge in [0.2, 0.25) is 0 Å². The van der Waals surface area contributed by atoms with Crippen molar-refractivity contribution in [2.45, 2.75) is 32.0 Å². The van der Waals surface area contributed by atoms with Gasteiger partial charge in [-0.25, -0.2) is 9.37 Å². The van der Waals surface area contributed by atoms with Gasteiger partial charge in [0.05, 0.1) is 15.7 Å². The Kier molecular flexibility index (Phi) is 7.22. The first-order valence-electron chi connectivity index (χ1n) is 9.96. The molecule has 30 heavy (non-hydrogen) atoms. The Morgan fingerprint density at radius 2 is 1.90 bits per heavy atom. The highest BCUT2D eigenvalue weighted by atomic mass is 35.5. The van der Waals surface area contributed by atoms with Crippen LogP contribution in [0, 0.1) is 6.92 Å². The second-order valence-electron chi connectivity index (χ2n) is 8.01. The Labute approximate surface area is 187 Å². The molecule has 1 aromatic heterocycles. The minimum absolute atomic E-state index is 0.149. The Morgan fingerprint density at radius 1 is 1.20 bits per heavy atom. The van der Waals surface area contributed by atoms with Gasteiger partial charge in [0, 0.05) is 58.7 Å². The van der Waals surface area contributed by atoms with E-state index in [4.69, 9.17) is 23.2 Å². The summed E-state index contributed by atoms with van der Waals surface area (Å²) in [7, 11) is 3.91. The molecule has 8 heteroatoms. The zero-order valence-corrected chi connectivity index (χ0v) is 19.0. The molecule has 1 fully saturated rings. The van der Waals surface area contributed by atoms with Crippen LogP contribution in [0.2, 0.25) is 10.0 Å². The Balaban J connectivity index is 1.52. The monoisotopic (exact) mass is 452 g/mol. The topological polar surface area (TPSA) is 48.5 Å². The van der Waals surface area contributed by atoms with Crippen LogP contribution in [-0.2, 0) is 6.54 Å². The van der Waals surface area contributed by atoms with Gasteiger partial charge in [-0.1, -0.05) is 29.3 Å². The maximum atomic E-state index is 15.2. The number of pyridine rings is 1. The molecule has 5 nitrogen and oxygen atoms in total. The third-order valence-electron chi connectivity index (χ3n) is 5.41. The lowest BCUT2D eigenvalue weighted by Crippen LogP contribution is -2.48. The number of benzene rings is 1. The molecule has 1 aliphatic heterocycles. The van der Waals surface area contributed by atoms with E-state index in [9.17, 15) is 4.79 Å². The Bertz CT molecular complexity index is 914. The highest BCUT2D eigenvalue weighted by Gasteiger charge is 2.36. The van der Waals surface area contributed by atoms with E-state index in [1.807, 2.05) is 38.1 Å². The normalized spacial score (nSPS) is 15.9. The first-order chi connectivity index (χ1) is 14.2. The number of amides is 1. The van der Waals surface area contributed by atoms with E-state index in [0.29, 0.717) is 35.2 Å². The fourth-order valence-electron chi connectivity index (χ4n) is 3.62. The van der Waals surface area contributed by atoms with Crippen molar-refractivity contribution in [1.29, 1.82) is 0 Å². The van der Waals surface area contributed by atoms with Gasteiger partial charge in [0.15, 0.2) is 0 Å². The zero-order valence-electron chi connectivity index (χ0n) is 17.5. The molecule has 0 unspecified atom stereocenters. The number of alkyl halides is 1. The summed E-state index contributed by atoms with van der Waals surface area (Å²) in [5.74, 6) is 0.766. The molecule has 0 radical (unpaired) electrons. The quantitative estimate of drug-likeness (QED) is 0.700. The molecular weight excluding hydrogens is 426 g/mol. The van der Waals surface area contributed by atoms with Crippen molar-refractivity contribution in [2.24, 2.45) is 0 Å².